The Morgan fingerprint density at radius 3 is 2.03 bits per heavy atom. The van der Waals surface area contributed by atoms with Gasteiger partial charge in [-0.05, 0) is 37.8 Å². The van der Waals surface area contributed by atoms with E-state index in [4.69, 9.17) is 5.73 Å². The van der Waals surface area contributed by atoms with Gasteiger partial charge >= 0.3 is 0 Å². The number of carbonyl (C=O) groups excluding carboxylic acids is 2. The summed E-state index contributed by atoms with van der Waals surface area (Å²) in [6.45, 7) is 5.06. The average molecular weight is 469 g/mol. The van der Waals surface area contributed by atoms with Gasteiger partial charge in [-0.25, -0.2) is 10.1 Å². The fourth-order valence-corrected chi connectivity index (χ4v) is 3.70. The smallest absolute Gasteiger partial charge is 0.266 e. The predicted octanol–water partition coefficient (Wildman–Crippen LogP) is 2.05. The van der Waals surface area contributed by atoms with Gasteiger partial charge in [0.05, 0.1) is 5.92 Å². The summed E-state index contributed by atoms with van der Waals surface area (Å²) >= 11 is 0. The van der Waals surface area contributed by atoms with Crippen LogP contribution in [-0.2, 0) is 9.59 Å². The predicted molar refractivity (Wildman–Crippen MR) is 130 cm³/mol. The molecule has 4 N–H and O–H groups in total. The minimum absolute atomic E-state index is 0.176. The lowest BCUT2D eigenvalue weighted by atomic mass is 9.90. The molecule has 0 saturated carbocycles. The maximum absolute atomic E-state index is 13.5. The summed E-state index contributed by atoms with van der Waals surface area (Å²) < 4.78 is 0. The lowest BCUT2D eigenvalue weighted by Gasteiger charge is -2.28. The van der Waals surface area contributed by atoms with E-state index in [9.17, 15) is 19.7 Å². The fraction of sp³-hybridized carbons (Fsp3) is 0.375. The van der Waals surface area contributed by atoms with E-state index < -0.39 is 17.0 Å². The van der Waals surface area contributed by atoms with Crippen LogP contribution in [0.25, 0.3) is 0 Å². The van der Waals surface area contributed by atoms with Crippen LogP contribution in [0.15, 0.2) is 65.8 Å². The van der Waals surface area contributed by atoms with Gasteiger partial charge in [-0.15, -0.1) is 0 Å². The lowest BCUT2D eigenvalue weighted by molar-refractivity contribution is -0.485. The number of guanidine groups is 1. The van der Waals surface area contributed by atoms with Crippen molar-refractivity contribution >= 4 is 17.8 Å². The van der Waals surface area contributed by atoms with Crippen LogP contribution in [0.5, 0.6) is 0 Å². The molecule has 0 aliphatic rings. The molecule has 0 bridgehead atoms. The molecule has 182 valence electrons. The van der Waals surface area contributed by atoms with Crippen LogP contribution in [0.1, 0.15) is 43.7 Å². The Bertz CT molecular complexity index is 924. The number of hydrogen-bond donors (Lipinski definition) is 3. The molecular formula is C24H32N6O4. The maximum Gasteiger partial charge on any atom is 0.266 e. The molecule has 1 atom stereocenters. The summed E-state index contributed by atoms with van der Waals surface area (Å²) in [5.41, 5.74) is 7.09. The second-order valence-corrected chi connectivity index (χ2v) is 7.62. The van der Waals surface area contributed by atoms with Crippen LogP contribution in [0, 0.1) is 10.1 Å². The van der Waals surface area contributed by atoms with Crippen LogP contribution in [0.4, 0.5) is 0 Å². The summed E-state index contributed by atoms with van der Waals surface area (Å²) in [6, 6.07) is 18.1. The first kappa shape index (κ1) is 26.3. The number of nitrogens with zero attached hydrogens (tertiary/aromatic N) is 3. The van der Waals surface area contributed by atoms with Gasteiger partial charge in [0.15, 0.2) is 5.03 Å². The van der Waals surface area contributed by atoms with Gasteiger partial charge in [-0.1, -0.05) is 60.7 Å². The Labute approximate surface area is 199 Å². The summed E-state index contributed by atoms with van der Waals surface area (Å²) in [5.74, 6) is -1.33. The number of carbonyl (C=O) groups is 2. The summed E-state index contributed by atoms with van der Waals surface area (Å²) in [4.78, 5) is 38.7. The highest BCUT2D eigenvalue weighted by atomic mass is 16.7. The summed E-state index contributed by atoms with van der Waals surface area (Å²) in [6.07, 6.45) is 0.767. The number of likely N-dealkylation sites (N-methyl/N-ethyl adjacent to an activating group) is 1. The van der Waals surface area contributed by atoms with Gasteiger partial charge in [0.2, 0.25) is 11.8 Å². The standard InChI is InChI=1S/C24H32N6O4/c1-3-29(4-2)23(32)20(16-11-17-26-24(25)28-30(33)34)27-22(31)21(18-12-7-5-8-13-18)19-14-9-6-10-15-19/h5-10,12-15,20-21H,3-4,11,16-17H2,1-2H3,(H,27,31)(H3,25,26,28)/t20-/m1/s1. The zero-order valence-corrected chi connectivity index (χ0v) is 19.5. The van der Waals surface area contributed by atoms with Crippen molar-refractivity contribution in [1.82, 2.24) is 15.5 Å². The molecule has 0 aliphatic heterocycles. The minimum Gasteiger partial charge on any atom is -0.365 e. The van der Waals surface area contributed by atoms with Crippen LogP contribution in [0.2, 0.25) is 0 Å². The SMILES string of the molecule is CCN(CC)C(=O)[C@@H](CCCN/C(N)=N\[N+](=O)[O-])NC(=O)C(c1ccccc1)c1ccccc1. The molecule has 0 aliphatic carbocycles. The van der Waals surface area contributed by atoms with Crippen molar-refractivity contribution in [2.24, 2.45) is 10.8 Å². The van der Waals surface area contributed by atoms with E-state index in [0.717, 1.165) is 11.1 Å². The second kappa shape index (κ2) is 13.6. The van der Waals surface area contributed by atoms with Crippen molar-refractivity contribution in [3.63, 3.8) is 0 Å². The number of nitrogens with one attached hydrogen (secondary N) is 2. The molecule has 0 saturated heterocycles. The maximum atomic E-state index is 13.5. The minimum atomic E-state index is -0.886. The van der Waals surface area contributed by atoms with Crippen molar-refractivity contribution in [2.45, 2.75) is 38.6 Å². The topological polar surface area (TPSA) is 143 Å². The normalized spacial score (nSPS) is 12.1. The number of hydrazone groups is 1. The Balaban J connectivity index is 2.20. The Kier molecular flexibility index (Phi) is 10.5. The molecule has 0 radical (unpaired) electrons. The van der Waals surface area contributed by atoms with Gasteiger partial charge in [-0.3, -0.25) is 9.59 Å². The number of benzene rings is 2. The van der Waals surface area contributed by atoms with Crippen molar-refractivity contribution in [3.05, 3.63) is 81.9 Å². The van der Waals surface area contributed by atoms with E-state index in [0.29, 0.717) is 25.9 Å². The number of nitrogens with two attached hydrogens (primary N) is 1. The number of rotatable bonds is 12. The number of hydrogen-bond acceptors (Lipinski definition) is 4. The average Bonchev–Trinajstić information content (AvgIpc) is 2.83. The van der Waals surface area contributed by atoms with E-state index in [2.05, 4.69) is 15.7 Å². The van der Waals surface area contributed by atoms with Crippen LogP contribution < -0.4 is 16.4 Å². The third kappa shape index (κ3) is 7.88. The molecule has 0 fully saturated rings. The number of nitro groups is 1. The second-order valence-electron chi connectivity index (χ2n) is 7.62. The highest BCUT2D eigenvalue weighted by Gasteiger charge is 2.29. The zero-order chi connectivity index (χ0) is 24.9. The monoisotopic (exact) mass is 468 g/mol. The van der Waals surface area contributed by atoms with Crippen molar-refractivity contribution in [1.29, 1.82) is 0 Å². The molecule has 0 unspecified atom stereocenters. The molecule has 0 heterocycles. The molecule has 0 aromatic heterocycles. The van der Waals surface area contributed by atoms with Gasteiger partial charge in [0, 0.05) is 19.6 Å². The van der Waals surface area contributed by atoms with Gasteiger partial charge in [0.1, 0.15) is 11.1 Å². The van der Waals surface area contributed by atoms with Gasteiger partial charge in [0.25, 0.3) is 5.96 Å². The molecule has 2 amide bonds. The van der Waals surface area contributed by atoms with Crippen molar-refractivity contribution in [3.8, 4) is 0 Å². The molecule has 2 rings (SSSR count). The van der Waals surface area contributed by atoms with E-state index in [-0.39, 0.29) is 24.3 Å². The van der Waals surface area contributed by atoms with Crippen LogP contribution in [-0.4, -0.2) is 53.4 Å². The molecule has 0 spiro atoms. The van der Waals surface area contributed by atoms with Crippen molar-refractivity contribution < 1.29 is 14.6 Å². The molecule has 34 heavy (non-hydrogen) atoms. The van der Waals surface area contributed by atoms with E-state index in [1.165, 1.54) is 0 Å². The molecule has 2 aromatic carbocycles. The highest BCUT2D eigenvalue weighted by molar-refractivity contribution is 5.92. The van der Waals surface area contributed by atoms with Crippen molar-refractivity contribution in [2.75, 3.05) is 19.6 Å². The van der Waals surface area contributed by atoms with E-state index in [1.807, 2.05) is 74.5 Å². The first-order chi connectivity index (χ1) is 16.4. The summed E-state index contributed by atoms with van der Waals surface area (Å²) in [7, 11) is 0. The fourth-order valence-electron chi connectivity index (χ4n) is 3.70. The number of amides is 2. The Morgan fingerprint density at radius 2 is 1.56 bits per heavy atom. The quantitative estimate of drug-likeness (QED) is 0.143. The zero-order valence-electron chi connectivity index (χ0n) is 19.5. The largest absolute Gasteiger partial charge is 0.365 e. The first-order valence-electron chi connectivity index (χ1n) is 11.3. The summed E-state index contributed by atoms with van der Waals surface area (Å²) in [5, 5.41) is 18.1. The van der Waals surface area contributed by atoms with E-state index >= 15 is 0 Å². The first-order valence-corrected chi connectivity index (χ1v) is 11.3. The lowest BCUT2D eigenvalue weighted by Crippen LogP contribution is -2.50. The Hall–Kier alpha value is -3.95. The van der Waals surface area contributed by atoms with Crippen LogP contribution >= 0.6 is 0 Å². The van der Waals surface area contributed by atoms with E-state index in [1.54, 1.807) is 4.90 Å². The third-order valence-corrected chi connectivity index (χ3v) is 5.38. The third-order valence-electron chi connectivity index (χ3n) is 5.38. The van der Waals surface area contributed by atoms with Crippen LogP contribution in [0.3, 0.4) is 0 Å². The molecule has 2 aromatic rings. The molecule has 10 heteroatoms. The van der Waals surface area contributed by atoms with Gasteiger partial charge < -0.3 is 21.3 Å². The highest BCUT2D eigenvalue weighted by Crippen LogP contribution is 2.25. The molecule has 10 nitrogen and oxygen atoms in total. The van der Waals surface area contributed by atoms with Gasteiger partial charge in [-0.2, -0.15) is 0 Å². The Morgan fingerprint density at radius 1 is 1.03 bits per heavy atom. The molecular weight excluding hydrogens is 436 g/mol.